The summed E-state index contributed by atoms with van der Waals surface area (Å²) in [4.78, 5) is 4.33. The Bertz CT molecular complexity index is 528. The minimum atomic E-state index is -0.466. The molecule has 1 aromatic heterocycles. The Morgan fingerprint density at radius 2 is 1.72 bits per heavy atom. The van der Waals surface area contributed by atoms with Crippen LogP contribution in [0, 0.1) is 20.8 Å². The first-order chi connectivity index (χ1) is 8.54. The average Bonchev–Trinajstić information content (AvgIpc) is 2.27. The van der Waals surface area contributed by atoms with E-state index in [1.807, 2.05) is 32.0 Å². The lowest BCUT2D eigenvalue weighted by molar-refractivity contribution is 0.178. The van der Waals surface area contributed by atoms with Crippen LogP contribution < -0.4 is 0 Å². The second-order valence-corrected chi connectivity index (χ2v) is 4.89. The van der Waals surface area contributed by atoms with E-state index in [0.29, 0.717) is 6.42 Å². The molecule has 0 fully saturated rings. The largest absolute Gasteiger partial charge is 0.388 e. The molecule has 2 aromatic rings. The molecule has 1 unspecified atom stereocenters. The van der Waals surface area contributed by atoms with Gasteiger partial charge in [-0.25, -0.2) is 0 Å². The molecule has 18 heavy (non-hydrogen) atoms. The lowest BCUT2D eigenvalue weighted by Gasteiger charge is -2.13. The van der Waals surface area contributed by atoms with Gasteiger partial charge in [-0.2, -0.15) is 0 Å². The van der Waals surface area contributed by atoms with Gasteiger partial charge in [0.15, 0.2) is 0 Å². The molecule has 1 atom stereocenters. The van der Waals surface area contributed by atoms with E-state index in [0.717, 1.165) is 22.5 Å². The van der Waals surface area contributed by atoms with Gasteiger partial charge in [-0.1, -0.05) is 29.8 Å². The predicted molar refractivity (Wildman–Crippen MR) is 73.6 cm³/mol. The van der Waals surface area contributed by atoms with Crippen molar-refractivity contribution in [1.29, 1.82) is 0 Å². The minimum absolute atomic E-state index is 0.466. The molecule has 2 rings (SSSR count). The van der Waals surface area contributed by atoms with E-state index in [9.17, 15) is 5.11 Å². The zero-order chi connectivity index (χ0) is 13.1. The molecular formula is C16H19NO. The van der Waals surface area contributed by atoms with Crippen LogP contribution in [0.3, 0.4) is 0 Å². The summed E-state index contributed by atoms with van der Waals surface area (Å²) >= 11 is 0. The average molecular weight is 241 g/mol. The molecule has 0 bridgehead atoms. The van der Waals surface area contributed by atoms with Crippen LogP contribution in [0.4, 0.5) is 0 Å². The van der Waals surface area contributed by atoms with Crippen LogP contribution >= 0.6 is 0 Å². The quantitative estimate of drug-likeness (QED) is 0.894. The third-order valence-corrected chi connectivity index (χ3v) is 3.00. The second kappa shape index (κ2) is 5.32. The number of aryl methyl sites for hydroxylation is 3. The molecule has 94 valence electrons. The summed E-state index contributed by atoms with van der Waals surface area (Å²) < 4.78 is 0. The van der Waals surface area contributed by atoms with Crippen LogP contribution in [0.25, 0.3) is 0 Å². The number of hydrogen-bond acceptors (Lipinski definition) is 2. The van der Waals surface area contributed by atoms with Gasteiger partial charge < -0.3 is 5.11 Å². The molecular weight excluding hydrogens is 222 g/mol. The summed E-state index contributed by atoms with van der Waals surface area (Å²) in [5.41, 5.74) is 5.24. The fourth-order valence-corrected chi connectivity index (χ4v) is 2.24. The molecule has 0 saturated carbocycles. The van der Waals surface area contributed by atoms with E-state index in [1.54, 1.807) is 0 Å². The molecule has 0 saturated heterocycles. The first-order valence-electron chi connectivity index (χ1n) is 6.23. The number of hydrogen-bond donors (Lipinski definition) is 1. The molecule has 2 heteroatoms. The van der Waals surface area contributed by atoms with Gasteiger partial charge in [-0.05, 0) is 44.0 Å². The molecule has 2 nitrogen and oxygen atoms in total. The molecule has 0 spiro atoms. The van der Waals surface area contributed by atoms with Crippen molar-refractivity contribution in [1.82, 2.24) is 4.98 Å². The minimum Gasteiger partial charge on any atom is -0.388 e. The second-order valence-electron chi connectivity index (χ2n) is 4.89. The van der Waals surface area contributed by atoms with Crippen LogP contribution in [-0.4, -0.2) is 10.1 Å². The van der Waals surface area contributed by atoms with E-state index >= 15 is 0 Å². The predicted octanol–water partition coefficient (Wildman–Crippen LogP) is 3.28. The molecule has 1 N–H and O–H groups in total. The number of aliphatic hydroxyl groups is 1. The van der Waals surface area contributed by atoms with E-state index in [1.165, 1.54) is 5.56 Å². The SMILES string of the molecule is Cc1cccc(CC(O)c2cc(C)nc(C)c2)c1. The van der Waals surface area contributed by atoms with Crippen LogP contribution in [0.5, 0.6) is 0 Å². The van der Waals surface area contributed by atoms with Gasteiger partial charge in [0, 0.05) is 17.8 Å². The van der Waals surface area contributed by atoms with Gasteiger partial charge >= 0.3 is 0 Å². The highest BCUT2D eigenvalue weighted by atomic mass is 16.3. The van der Waals surface area contributed by atoms with Crippen LogP contribution in [0.1, 0.15) is 34.2 Å². The van der Waals surface area contributed by atoms with Crippen LogP contribution in [0.15, 0.2) is 36.4 Å². The number of aliphatic hydroxyl groups excluding tert-OH is 1. The Kier molecular flexibility index (Phi) is 3.78. The summed E-state index contributed by atoms with van der Waals surface area (Å²) in [7, 11) is 0. The molecule has 0 aliphatic carbocycles. The summed E-state index contributed by atoms with van der Waals surface area (Å²) in [5, 5.41) is 10.3. The Labute approximate surface area is 108 Å². The first-order valence-corrected chi connectivity index (χ1v) is 6.23. The van der Waals surface area contributed by atoms with E-state index in [2.05, 4.69) is 30.1 Å². The van der Waals surface area contributed by atoms with Gasteiger partial charge in [-0.3, -0.25) is 4.98 Å². The summed E-state index contributed by atoms with van der Waals surface area (Å²) in [6.07, 6.45) is 0.178. The van der Waals surface area contributed by atoms with E-state index in [-0.39, 0.29) is 0 Å². The van der Waals surface area contributed by atoms with Gasteiger partial charge in [0.2, 0.25) is 0 Å². The van der Waals surface area contributed by atoms with Gasteiger partial charge in [0.05, 0.1) is 6.10 Å². The standard InChI is InChI=1S/C16H19NO/c1-11-5-4-6-14(7-11)10-16(18)15-8-12(2)17-13(3)9-15/h4-9,16,18H,10H2,1-3H3. The normalized spacial score (nSPS) is 12.4. The maximum Gasteiger partial charge on any atom is 0.0831 e. The molecule has 0 radical (unpaired) electrons. The molecule has 0 amide bonds. The van der Waals surface area contributed by atoms with Gasteiger partial charge in [-0.15, -0.1) is 0 Å². The lowest BCUT2D eigenvalue weighted by atomic mass is 10.00. The van der Waals surface area contributed by atoms with Crippen molar-refractivity contribution < 1.29 is 5.11 Å². The molecule has 0 aliphatic heterocycles. The highest BCUT2D eigenvalue weighted by Gasteiger charge is 2.10. The zero-order valence-electron chi connectivity index (χ0n) is 11.1. The molecule has 1 heterocycles. The molecule has 1 aromatic carbocycles. The van der Waals surface area contributed by atoms with E-state index < -0.39 is 6.10 Å². The van der Waals surface area contributed by atoms with Crippen molar-refractivity contribution in [2.75, 3.05) is 0 Å². The van der Waals surface area contributed by atoms with Crippen molar-refractivity contribution in [2.24, 2.45) is 0 Å². The van der Waals surface area contributed by atoms with Crippen LogP contribution in [-0.2, 0) is 6.42 Å². The Hall–Kier alpha value is -1.67. The summed E-state index contributed by atoms with van der Waals surface area (Å²) in [6.45, 7) is 5.97. The number of rotatable bonds is 3. The van der Waals surface area contributed by atoms with Crippen molar-refractivity contribution in [3.8, 4) is 0 Å². The van der Waals surface area contributed by atoms with Gasteiger partial charge in [0.25, 0.3) is 0 Å². The Morgan fingerprint density at radius 3 is 2.33 bits per heavy atom. The highest BCUT2D eigenvalue weighted by Crippen LogP contribution is 2.20. The fraction of sp³-hybridized carbons (Fsp3) is 0.312. The number of nitrogens with zero attached hydrogens (tertiary/aromatic N) is 1. The van der Waals surface area contributed by atoms with Crippen molar-refractivity contribution in [3.63, 3.8) is 0 Å². The Balaban J connectivity index is 2.19. The Morgan fingerprint density at radius 1 is 1.06 bits per heavy atom. The van der Waals surface area contributed by atoms with Gasteiger partial charge in [0.1, 0.15) is 0 Å². The smallest absolute Gasteiger partial charge is 0.0831 e. The first kappa shape index (κ1) is 12.8. The van der Waals surface area contributed by atoms with Crippen LogP contribution in [0.2, 0.25) is 0 Å². The summed E-state index contributed by atoms with van der Waals surface area (Å²) in [5.74, 6) is 0. The highest BCUT2D eigenvalue weighted by molar-refractivity contribution is 5.27. The topological polar surface area (TPSA) is 33.1 Å². The van der Waals surface area contributed by atoms with E-state index in [4.69, 9.17) is 0 Å². The third kappa shape index (κ3) is 3.17. The monoisotopic (exact) mass is 241 g/mol. The maximum atomic E-state index is 10.3. The van der Waals surface area contributed by atoms with Crippen molar-refractivity contribution >= 4 is 0 Å². The van der Waals surface area contributed by atoms with Crippen molar-refractivity contribution in [2.45, 2.75) is 33.3 Å². The molecule has 0 aliphatic rings. The maximum absolute atomic E-state index is 10.3. The third-order valence-electron chi connectivity index (χ3n) is 3.00. The number of aromatic nitrogens is 1. The number of pyridine rings is 1. The number of benzene rings is 1. The van der Waals surface area contributed by atoms with Crippen molar-refractivity contribution in [3.05, 3.63) is 64.5 Å². The lowest BCUT2D eigenvalue weighted by Crippen LogP contribution is -2.04. The summed E-state index contributed by atoms with van der Waals surface area (Å²) in [6, 6.07) is 12.2. The fourth-order valence-electron chi connectivity index (χ4n) is 2.24. The zero-order valence-corrected chi connectivity index (χ0v) is 11.1.